The molecule has 0 aromatic heterocycles. The molecule has 16 heavy (non-hydrogen) atoms. The molecule has 1 heterocycles. The van der Waals surface area contributed by atoms with Crippen LogP contribution in [-0.4, -0.2) is 46.8 Å². The molecule has 5 nitrogen and oxygen atoms in total. The van der Waals surface area contributed by atoms with Crippen molar-refractivity contribution in [2.24, 2.45) is 5.16 Å². The van der Waals surface area contributed by atoms with E-state index < -0.39 is 5.60 Å². The predicted molar refractivity (Wildman–Crippen MR) is 61.7 cm³/mol. The maximum Gasteiger partial charge on any atom is 0.142 e. The van der Waals surface area contributed by atoms with Gasteiger partial charge in [0, 0.05) is 19.4 Å². The summed E-state index contributed by atoms with van der Waals surface area (Å²) in [5.74, 6) is 2.55. The van der Waals surface area contributed by atoms with Crippen molar-refractivity contribution in [3.05, 3.63) is 12.4 Å². The van der Waals surface area contributed by atoms with Crippen LogP contribution < -0.4 is 0 Å². The molecule has 0 bridgehead atoms. The molecule has 1 aliphatic rings. The average molecular weight is 223 g/mol. The van der Waals surface area contributed by atoms with Crippen molar-refractivity contribution in [2.45, 2.75) is 25.6 Å². The third-order valence-electron chi connectivity index (χ3n) is 2.37. The van der Waals surface area contributed by atoms with Gasteiger partial charge in [0.25, 0.3) is 0 Å². The molecule has 0 spiro atoms. The zero-order chi connectivity index (χ0) is 12.2. The van der Waals surface area contributed by atoms with Crippen LogP contribution in [0.2, 0.25) is 0 Å². The van der Waals surface area contributed by atoms with E-state index in [1.165, 1.54) is 6.21 Å². The van der Waals surface area contributed by atoms with Crippen molar-refractivity contribution >= 4 is 6.21 Å². The quantitative estimate of drug-likeness (QED) is 0.332. The molecule has 0 aliphatic carbocycles. The summed E-state index contributed by atoms with van der Waals surface area (Å²) in [6, 6.07) is 0. The first kappa shape index (κ1) is 12.4. The minimum Gasteiger partial charge on any atom is -0.411 e. The molecule has 1 N–H and O–H groups in total. The minimum absolute atomic E-state index is 0.140. The van der Waals surface area contributed by atoms with Crippen LogP contribution in [0.25, 0.3) is 0 Å². The minimum atomic E-state index is -0.601. The molecule has 0 amide bonds. The zero-order valence-electron chi connectivity index (χ0n) is 9.79. The number of oxime groups is 1. The topological polar surface area (TPSA) is 48.3 Å². The first-order chi connectivity index (χ1) is 7.50. The number of terminal acetylenes is 1. The first-order valence-corrected chi connectivity index (χ1v) is 4.95. The van der Waals surface area contributed by atoms with Crippen molar-refractivity contribution in [3.63, 3.8) is 0 Å². The number of nitrogens with zero attached hydrogens (tertiary/aromatic N) is 3. The smallest absolute Gasteiger partial charge is 0.142 e. The molecular formula is C11H17N3O2. The van der Waals surface area contributed by atoms with Gasteiger partial charge in [0.2, 0.25) is 0 Å². The lowest BCUT2D eigenvalue weighted by Gasteiger charge is -2.29. The van der Waals surface area contributed by atoms with E-state index in [1.54, 1.807) is 0 Å². The van der Waals surface area contributed by atoms with Gasteiger partial charge in [-0.05, 0) is 13.8 Å². The van der Waals surface area contributed by atoms with Crippen LogP contribution >= 0.6 is 0 Å². The highest BCUT2D eigenvalue weighted by atomic mass is 16.5. The molecule has 0 saturated carbocycles. The molecule has 1 aliphatic heterocycles. The molecule has 5 heteroatoms. The highest BCUT2D eigenvalue weighted by molar-refractivity contribution is 5.64. The SMILES string of the molecule is C#CC(C)(C)OCN1C=CN(C)C1/C=N\O. The molecular weight excluding hydrogens is 206 g/mol. The standard InChI is InChI=1S/C11H17N3O2/c1-5-11(2,3)16-9-14-7-6-13(4)10(14)8-12-15/h1,6-8,10,15H,9H2,2-4H3/b12-8-. The molecule has 1 rings (SSSR count). The highest BCUT2D eigenvalue weighted by Crippen LogP contribution is 2.15. The van der Waals surface area contributed by atoms with Crippen LogP contribution in [0, 0.1) is 12.3 Å². The lowest BCUT2D eigenvalue weighted by atomic mass is 10.1. The summed E-state index contributed by atoms with van der Waals surface area (Å²) in [4.78, 5) is 3.77. The third-order valence-corrected chi connectivity index (χ3v) is 2.37. The van der Waals surface area contributed by atoms with Crippen molar-refractivity contribution in [1.29, 1.82) is 0 Å². The largest absolute Gasteiger partial charge is 0.411 e. The predicted octanol–water partition coefficient (Wildman–Crippen LogP) is 0.877. The molecule has 0 aromatic rings. The van der Waals surface area contributed by atoms with E-state index in [0.717, 1.165) is 0 Å². The normalized spacial score (nSPS) is 20.8. The van der Waals surface area contributed by atoms with Gasteiger partial charge in [0.05, 0.1) is 6.21 Å². The fourth-order valence-corrected chi connectivity index (χ4v) is 1.25. The lowest BCUT2D eigenvalue weighted by Crippen LogP contribution is -2.41. The maximum absolute atomic E-state index is 8.55. The average Bonchev–Trinajstić information content (AvgIpc) is 2.59. The summed E-state index contributed by atoms with van der Waals surface area (Å²) in [6.07, 6.45) is 10.3. The summed E-state index contributed by atoms with van der Waals surface area (Å²) in [5, 5.41) is 11.6. The third kappa shape index (κ3) is 2.91. The van der Waals surface area contributed by atoms with Gasteiger partial charge in [-0.25, -0.2) is 0 Å². The zero-order valence-corrected chi connectivity index (χ0v) is 9.79. The summed E-state index contributed by atoms with van der Waals surface area (Å²) in [7, 11) is 1.88. The van der Waals surface area contributed by atoms with E-state index >= 15 is 0 Å². The Hall–Kier alpha value is -1.67. The molecule has 0 aromatic carbocycles. The van der Waals surface area contributed by atoms with E-state index in [9.17, 15) is 0 Å². The molecule has 88 valence electrons. The van der Waals surface area contributed by atoms with E-state index in [4.69, 9.17) is 16.4 Å². The van der Waals surface area contributed by atoms with E-state index in [1.807, 2.05) is 43.1 Å². The maximum atomic E-state index is 8.55. The van der Waals surface area contributed by atoms with E-state index in [-0.39, 0.29) is 6.17 Å². The van der Waals surface area contributed by atoms with Crippen molar-refractivity contribution in [3.8, 4) is 12.3 Å². The highest BCUT2D eigenvalue weighted by Gasteiger charge is 2.24. The number of ether oxygens (including phenoxy) is 1. The first-order valence-electron chi connectivity index (χ1n) is 4.95. The summed E-state index contributed by atoms with van der Waals surface area (Å²) in [5.41, 5.74) is -0.601. The Morgan fingerprint density at radius 1 is 1.62 bits per heavy atom. The lowest BCUT2D eigenvalue weighted by molar-refractivity contribution is -0.0365. The fourth-order valence-electron chi connectivity index (χ4n) is 1.25. The second kappa shape index (κ2) is 4.90. The monoisotopic (exact) mass is 223 g/mol. The Bertz CT molecular complexity index is 331. The van der Waals surface area contributed by atoms with Crippen LogP contribution in [0.3, 0.4) is 0 Å². The van der Waals surface area contributed by atoms with Crippen molar-refractivity contribution < 1.29 is 9.94 Å². The van der Waals surface area contributed by atoms with Crippen LogP contribution in [0.5, 0.6) is 0 Å². The number of rotatable bonds is 4. The van der Waals surface area contributed by atoms with Crippen molar-refractivity contribution in [2.75, 3.05) is 13.8 Å². The Morgan fingerprint density at radius 3 is 2.88 bits per heavy atom. The van der Waals surface area contributed by atoms with E-state index in [0.29, 0.717) is 6.73 Å². The molecule has 1 unspecified atom stereocenters. The van der Waals surface area contributed by atoms with Gasteiger partial charge >= 0.3 is 0 Å². The summed E-state index contributed by atoms with van der Waals surface area (Å²) in [6.45, 7) is 3.99. The van der Waals surface area contributed by atoms with Gasteiger partial charge in [-0.3, -0.25) is 0 Å². The molecule has 0 saturated heterocycles. The number of hydrogen-bond acceptors (Lipinski definition) is 5. The van der Waals surface area contributed by atoms with Crippen molar-refractivity contribution in [1.82, 2.24) is 9.80 Å². The Morgan fingerprint density at radius 2 is 2.31 bits per heavy atom. The molecule has 0 radical (unpaired) electrons. The van der Waals surface area contributed by atoms with Gasteiger partial charge in [-0.1, -0.05) is 11.1 Å². The van der Waals surface area contributed by atoms with Crippen LogP contribution in [0.4, 0.5) is 0 Å². The Balaban J connectivity index is 2.55. The van der Waals surface area contributed by atoms with Gasteiger partial charge in [0.1, 0.15) is 18.5 Å². The van der Waals surface area contributed by atoms with Gasteiger partial charge < -0.3 is 19.7 Å². The van der Waals surface area contributed by atoms with Gasteiger partial charge in [-0.2, -0.15) is 0 Å². The summed E-state index contributed by atoms with van der Waals surface area (Å²) >= 11 is 0. The van der Waals surface area contributed by atoms with Gasteiger partial charge in [0.15, 0.2) is 0 Å². The second-order valence-electron chi connectivity index (χ2n) is 4.08. The fraction of sp³-hybridized carbons (Fsp3) is 0.545. The second-order valence-corrected chi connectivity index (χ2v) is 4.08. The summed E-state index contributed by atoms with van der Waals surface area (Å²) < 4.78 is 5.56. The number of hydrogen-bond donors (Lipinski definition) is 1. The molecule has 0 fully saturated rings. The Labute approximate surface area is 96.0 Å². The van der Waals surface area contributed by atoms with Crippen LogP contribution in [0.15, 0.2) is 17.6 Å². The molecule has 1 atom stereocenters. The van der Waals surface area contributed by atoms with Gasteiger partial charge in [-0.15, -0.1) is 6.42 Å². The van der Waals surface area contributed by atoms with Crippen LogP contribution in [-0.2, 0) is 4.74 Å². The van der Waals surface area contributed by atoms with E-state index in [2.05, 4.69) is 11.1 Å². The Kier molecular flexibility index (Phi) is 3.80. The van der Waals surface area contributed by atoms with Crippen LogP contribution in [0.1, 0.15) is 13.8 Å².